The molecule has 0 unspecified atom stereocenters. The molecule has 0 spiro atoms. The average molecular weight is 751 g/mol. The van der Waals surface area contributed by atoms with Crippen molar-refractivity contribution in [3.63, 3.8) is 0 Å². The Morgan fingerprint density at radius 2 is 0.977 bits per heavy atom. The van der Waals surface area contributed by atoms with Crippen molar-refractivity contribution in [3.8, 4) is 44.8 Å². The van der Waals surface area contributed by atoms with Crippen LogP contribution in [-0.4, -0.2) is 9.97 Å². The minimum atomic E-state index is 0. The van der Waals surface area contributed by atoms with E-state index in [0.717, 1.165) is 28.1 Å². The molecule has 2 aromatic heterocycles. The summed E-state index contributed by atoms with van der Waals surface area (Å²) < 4.78 is 0. The van der Waals surface area contributed by atoms with E-state index in [2.05, 4.69) is 151 Å². The van der Waals surface area contributed by atoms with E-state index in [0.29, 0.717) is 0 Å². The largest absolute Gasteiger partial charge is 0.304 e. The summed E-state index contributed by atoms with van der Waals surface area (Å²) in [5.41, 5.74) is 17.8. The van der Waals surface area contributed by atoms with Gasteiger partial charge in [-0.05, 0) is 80.7 Å². The molecule has 4 aromatic carbocycles. The Kier molecular flexibility index (Phi) is 10.8. The Morgan fingerprint density at radius 3 is 1.48 bits per heavy atom. The van der Waals surface area contributed by atoms with Crippen LogP contribution >= 0.6 is 0 Å². The van der Waals surface area contributed by atoms with Crippen LogP contribution in [0, 0.1) is 60.6 Å². The van der Waals surface area contributed by atoms with Gasteiger partial charge in [-0.15, -0.1) is 65.2 Å². The molecule has 6 aromatic rings. The van der Waals surface area contributed by atoms with Crippen LogP contribution in [0.25, 0.3) is 44.8 Å². The zero-order chi connectivity index (χ0) is 30.5. The van der Waals surface area contributed by atoms with Crippen LogP contribution in [0.5, 0.6) is 0 Å². The zero-order valence-electron chi connectivity index (χ0n) is 26.5. The molecular formula is C41H38IrN2-2. The number of aryl methyl sites for hydroxylation is 7. The zero-order valence-corrected chi connectivity index (χ0v) is 28.9. The fourth-order valence-corrected chi connectivity index (χ4v) is 5.41. The van der Waals surface area contributed by atoms with E-state index in [4.69, 9.17) is 4.98 Å². The molecule has 0 bridgehead atoms. The molecule has 6 rings (SSSR count). The van der Waals surface area contributed by atoms with Crippen molar-refractivity contribution >= 4 is 0 Å². The van der Waals surface area contributed by atoms with Crippen LogP contribution < -0.4 is 0 Å². The van der Waals surface area contributed by atoms with Gasteiger partial charge in [0.2, 0.25) is 0 Å². The number of benzene rings is 4. The Bertz CT molecular complexity index is 1720. The van der Waals surface area contributed by atoms with E-state index in [1.54, 1.807) is 0 Å². The molecule has 0 aliphatic rings. The molecule has 0 atom stereocenters. The summed E-state index contributed by atoms with van der Waals surface area (Å²) >= 11 is 0. The summed E-state index contributed by atoms with van der Waals surface area (Å²) in [6.07, 6.45) is 3.89. The molecule has 0 aliphatic carbocycles. The van der Waals surface area contributed by atoms with Gasteiger partial charge in [-0.2, -0.15) is 0 Å². The third-order valence-corrected chi connectivity index (χ3v) is 8.01. The second-order valence-corrected chi connectivity index (χ2v) is 11.4. The maximum atomic E-state index is 4.71. The molecule has 2 nitrogen and oxygen atoms in total. The summed E-state index contributed by atoms with van der Waals surface area (Å²) in [6, 6.07) is 38.3. The average Bonchev–Trinajstić information content (AvgIpc) is 3.00. The second-order valence-electron chi connectivity index (χ2n) is 11.4. The maximum Gasteiger partial charge on any atom is 0.0239 e. The molecular weight excluding hydrogens is 713 g/mol. The summed E-state index contributed by atoms with van der Waals surface area (Å²) in [7, 11) is 0. The number of rotatable bonds is 4. The van der Waals surface area contributed by atoms with Crippen LogP contribution in [0.2, 0.25) is 0 Å². The first-order valence-corrected chi connectivity index (χ1v) is 14.7. The summed E-state index contributed by atoms with van der Waals surface area (Å²) in [5.74, 6) is 0. The number of aromatic nitrogens is 2. The van der Waals surface area contributed by atoms with Crippen LogP contribution in [0.15, 0.2) is 103 Å². The predicted octanol–water partition coefficient (Wildman–Crippen LogP) is 10.6. The second kappa shape index (κ2) is 14.5. The standard InChI is InChI=1S/C27H24N.C14H14N.Ir/c1-18-7-5-8-19(2)26(18)23-13-11-22(12-14-23)25-16-15-24(17-28-25)27-20(3)9-6-10-21(27)4;1-10-4-6-13(7-5-10)14-8-11(2)12(3)9-15-14;/h5-11,13-17H,1-4H3;4-6,8-9H,1-3H3;/q2*-1;. The molecule has 223 valence electrons. The SMILES string of the molecule is Cc1c[c-]c(-c2cc(C)c(C)cn2)cc1.Cc1cccc(C)c1-c1c[c-]c(-c2ccc(-c3c(C)cccc3C)cn2)cc1.[Ir]. The molecule has 0 N–H and O–H groups in total. The first-order valence-electron chi connectivity index (χ1n) is 14.7. The van der Waals surface area contributed by atoms with Gasteiger partial charge >= 0.3 is 0 Å². The maximum absolute atomic E-state index is 4.71. The van der Waals surface area contributed by atoms with Gasteiger partial charge in [0.15, 0.2) is 0 Å². The fraction of sp³-hybridized carbons (Fsp3) is 0.171. The Hall–Kier alpha value is -4.17. The van der Waals surface area contributed by atoms with Crippen molar-refractivity contribution in [1.29, 1.82) is 0 Å². The van der Waals surface area contributed by atoms with Crippen molar-refractivity contribution in [2.24, 2.45) is 0 Å². The van der Waals surface area contributed by atoms with Crippen molar-refractivity contribution in [2.75, 3.05) is 0 Å². The van der Waals surface area contributed by atoms with Gasteiger partial charge in [0.1, 0.15) is 0 Å². The Morgan fingerprint density at radius 1 is 0.455 bits per heavy atom. The molecule has 44 heavy (non-hydrogen) atoms. The minimum Gasteiger partial charge on any atom is -0.304 e. The van der Waals surface area contributed by atoms with E-state index in [9.17, 15) is 0 Å². The number of nitrogens with zero attached hydrogens (tertiary/aromatic N) is 2. The monoisotopic (exact) mass is 751 g/mol. The van der Waals surface area contributed by atoms with Crippen molar-refractivity contribution in [1.82, 2.24) is 9.97 Å². The topological polar surface area (TPSA) is 25.8 Å². The molecule has 0 saturated carbocycles. The van der Waals surface area contributed by atoms with Crippen LogP contribution in [0.3, 0.4) is 0 Å². The predicted molar refractivity (Wildman–Crippen MR) is 181 cm³/mol. The smallest absolute Gasteiger partial charge is 0.0239 e. The third kappa shape index (κ3) is 7.48. The third-order valence-electron chi connectivity index (χ3n) is 8.01. The first kappa shape index (κ1) is 32.7. The van der Waals surface area contributed by atoms with E-state index < -0.39 is 0 Å². The van der Waals surface area contributed by atoms with Crippen molar-refractivity contribution in [2.45, 2.75) is 48.5 Å². The van der Waals surface area contributed by atoms with Crippen LogP contribution in [0.1, 0.15) is 38.9 Å². The van der Waals surface area contributed by atoms with Gasteiger partial charge in [0.25, 0.3) is 0 Å². The van der Waals surface area contributed by atoms with Gasteiger partial charge in [-0.3, -0.25) is 0 Å². The van der Waals surface area contributed by atoms with Gasteiger partial charge in [-0.1, -0.05) is 89.3 Å². The van der Waals surface area contributed by atoms with E-state index in [1.165, 1.54) is 55.6 Å². The normalized spacial score (nSPS) is 10.4. The molecule has 3 heteroatoms. The van der Waals surface area contributed by atoms with Gasteiger partial charge in [0.05, 0.1) is 0 Å². The molecule has 0 fully saturated rings. The molecule has 1 radical (unpaired) electrons. The number of pyridine rings is 2. The van der Waals surface area contributed by atoms with Gasteiger partial charge in [-0.25, -0.2) is 0 Å². The van der Waals surface area contributed by atoms with Gasteiger partial charge < -0.3 is 9.97 Å². The minimum absolute atomic E-state index is 0. The summed E-state index contributed by atoms with van der Waals surface area (Å²) in [6.45, 7) is 14.9. The van der Waals surface area contributed by atoms with Gasteiger partial charge in [0, 0.05) is 32.5 Å². The fourth-order valence-electron chi connectivity index (χ4n) is 5.41. The van der Waals surface area contributed by atoms with E-state index in [1.807, 2.05) is 18.5 Å². The van der Waals surface area contributed by atoms with Crippen LogP contribution in [-0.2, 0) is 20.1 Å². The molecule has 2 heterocycles. The first-order chi connectivity index (χ1) is 20.7. The molecule has 0 aliphatic heterocycles. The van der Waals surface area contributed by atoms with Crippen molar-refractivity contribution in [3.05, 3.63) is 154 Å². The Labute approximate surface area is 276 Å². The van der Waals surface area contributed by atoms with E-state index >= 15 is 0 Å². The van der Waals surface area contributed by atoms with Crippen molar-refractivity contribution < 1.29 is 20.1 Å². The quantitative estimate of drug-likeness (QED) is 0.168. The van der Waals surface area contributed by atoms with E-state index in [-0.39, 0.29) is 20.1 Å². The Balaban J connectivity index is 0.000000234. The summed E-state index contributed by atoms with van der Waals surface area (Å²) in [4.78, 5) is 9.12. The van der Waals surface area contributed by atoms with Crippen LogP contribution in [0.4, 0.5) is 0 Å². The number of hydrogen-bond donors (Lipinski definition) is 0. The molecule has 0 amide bonds. The summed E-state index contributed by atoms with van der Waals surface area (Å²) in [5, 5.41) is 0. The number of hydrogen-bond acceptors (Lipinski definition) is 2. The molecule has 0 saturated heterocycles.